The number of hydrogen-bond acceptors (Lipinski definition) is 3. The Morgan fingerprint density at radius 3 is 2.65 bits per heavy atom. The maximum atomic E-state index is 11.9. The van der Waals surface area contributed by atoms with Gasteiger partial charge in [-0.1, -0.05) is 39.5 Å². The van der Waals surface area contributed by atoms with Gasteiger partial charge in [-0.3, -0.25) is 4.79 Å². The summed E-state index contributed by atoms with van der Waals surface area (Å²) in [6, 6.07) is 4.41. The Balaban J connectivity index is 2.22. The van der Waals surface area contributed by atoms with Crippen LogP contribution in [0, 0.1) is 5.92 Å². The van der Waals surface area contributed by atoms with Crippen LogP contribution in [-0.2, 0) is 0 Å². The number of carbonyl (C=O) groups excluding carboxylic acids is 1. The Hall–Kier alpha value is -1.71. The number of phenols is 1. The zero-order valence-electron chi connectivity index (χ0n) is 12.5. The van der Waals surface area contributed by atoms with Crippen LogP contribution in [-0.4, -0.2) is 17.6 Å². The van der Waals surface area contributed by atoms with E-state index >= 15 is 0 Å². The van der Waals surface area contributed by atoms with Crippen LogP contribution in [0.4, 0.5) is 5.69 Å². The molecule has 0 fully saturated rings. The third-order valence-electron chi connectivity index (χ3n) is 3.28. The number of rotatable bonds is 8. The van der Waals surface area contributed by atoms with E-state index in [0.29, 0.717) is 17.8 Å². The summed E-state index contributed by atoms with van der Waals surface area (Å²) in [6.07, 6.45) is 5.84. The lowest BCUT2D eigenvalue weighted by molar-refractivity contribution is 0.0953. The van der Waals surface area contributed by atoms with Crippen LogP contribution in [0.5, 0.6) is 5.75 Å². The Labute approximate surface area is 121 Å². The van der Waals surface area contributed by atoms with Gasteiger partial charge in [0.1, 0.15) is 5.75 Å². The number of hydrogen-bond donors (Lipinski definition) is 3. The van der Waals surface area contributed by atoms with E-state index < -0.39 is 0 Å². The fourth-order valence-corrected chi connectivity index (χ4v) is 2.07. The van der Waals surface area contributed by atoms with E-state index in [1.165, 1.54) is 37.5 Å². The quantitative estimate of drug-likeness (QED) is 0.388. The van der Waals surface area contributed by atoms with Crippen LogP contribution in [0.1, 0.15) is 56.3 Å². The molecule has 0 heterocycles. The van der Waals surface area contributed by atoms with E-state index in [2.05, 4.69) is 19.2 Å². The molecular weight excluding hydrogens is 252 g/mol. The van der Waals surface area contributed by atoms with Gasteiger partial charge in [0.15, 0.2) is 0 Å². The summed E-state index contributed by atoms with van der Waals surface area (Å²) >= 11 is 0. The molecule has 0 spiro atoms. The molecule has 0 atom stereocenters. The number of nitrogens with one attached hydrogen (secondary N) is 1. The lowest BCUT2D eigenvalue weighted by Gasteiger charge is -2.08. The summed E-state index contributed by atoms with van der Waals surface area (Å²) in [6.45, 7) is 5.12. The van der Waals surface area contributed by atoms with Crippen molar-refractivity contribution < 1.29 is 9.90 Å². The van der Waals surface area contributed by atoms with Crippen LogP contribution >= 0.6 is 0 Å². The smallest absolute Gasteiger partial charge is 0.253 e. The summed E-state index contributed by atoms with van der Waals surface area (Å²) in [5.41, 5.74) is 6.44. The summed E-state index contributed by atoms with van der Waals surface area (Å²) in [4.78, 5) is 11.9. The van der Waals surface area contributed by atoms with Crippen LogP contribution in [0.2, 0.25) is 0 Å². The molecular formula is C16H26N2O2. The van der Waals surface area contributed by atoms with E-state index in [-0.39, 0.29) is 11.7 Å². The lowest BCUT2D eigenvalue weighted by atomic mass is 10.0. The minimum Gasteiger partial charge on any atom is -0.508 e. The van der Waals surface area contributed by atoms with Crippen LogP contribution in [0.25, 0.3) is 0 Å². The molecule has 0 saturated carbocycles. The standard InChI is InChI=1S/C16H26N2O2/c1-12(2)7-5-3-4-6-10-18-16(20)14-11-13(19)8-9-15(14)17/h8-9,11-12,19H,3-7,10,17H2,1-2H3,(H,18,20). The molecule has 0 aliphatic carbocycles. The number of amides is 1. The van der Waals surface area contributed by atoms with Crippen molar-refractivity contribution >= 4 is 11.6 Å². The van der Waals surface area contributed by atoms with E-state index in [4.69, 9.17) is 5.73 Å². The maximum absolute atomic E-state index is 11.9. The molecule has 1 amide bonds. The molecule has 0 saturated heterocycles. The average Bonchev–Trinajstić information content (AvgIpc) is 2.39. The molecule has 4 heteroatoms. The zero-order chi connectivity index (χ0) is 15.0. The lowest BCUT2D eigenvalue weighted by Crippen LogP contribution is -2.25. The van der Waals surface area contributed by atoms with Crippen molar-refractivity contribution in [3.8, 4) is 5.75 Å². The zero-order valence-corrected chi connectivity index (χ0v) is 12.5. The van der Waals surface area contributed by atoms with Crippen molar-refractivity contribution in [3.05, 3.63) is 23.8 Å². The number of benzene rings is 1. The molecule has 112 valence electrons. The van der Waals surface area contributed by atoms with E-state index in [9.17, 15) is 9.90 Å². The van der Waals surface area contributed by atoms with E-state index in [1.54, 1.807) is 0 Å². The first-order valence-electron chi connectivity index (χ1n) is 7.37. The van der Waals surface area contributed by atoms with Crippen molar-refractivity contribution in [2.24, 2.45) is 5.92 Å². The number of nitrogen functional groups attached to an aromatic ring is 1. The van der Waals surface area contributed by atoms with Crippen LogP contribution in [0.3, 0.4) is 0 Å². The van der Waals surface area contributed by atoms with Gasteiger partial charge in [-0.2, -0.15) is 0 Å². The fraction of sp³-hybridized carbons (Fsp3) is 0.562. The minimum absolute atomic E-state index is 0.0537. The summed E-state index contributed by atoms with van der Waals surface area (Å²) in [7, 11) is 0. The normalized spacial score (nSPS) is 10.8. The third-order valence-corrected chi connectivity index (χ3v) is 3.28. The SMILES string of the molecule is CC(C)CCCCCCNC(=O)c1cc(O)ccc1N. The average molecular weight is 278 g/mol. The topological polar surface area (TPSA) is 75.3 Å². The largest absolute Gasteiger partial charge is 0.508 e. The molecule has 0 radical (unpaired) electrons. The van der Waals surface area contributed by atoms with Gasteiger partial charge in [0.25, 0.3) is 5.91 Å². The van der Waals surface area contributed by atoms with Gasteiger partial charge < -0.3 is 16.2 Å². The third kappa shape index (κ3) is 5.95. The van der Waals surface area contributed by atoms with Crippen molar-refractivity contribution in [1.29, 1.82) is 0 Å². The second-order valence-electron chi connectivity index (χ2n) is 5.62. The van der Waals surface area contributed by atoms with Gasteiger partial charge in [-0.05, 0) is 30.5 Å². The van der Waals surface area contributed by atoms with Gasteiger partial charge in [0, 0.05) is 12.2 Å². The molecule has 0 aromatic heterocycles. The Bertz CT molecular complexity index is 430. The molecule has 0 aliphatic rings. The molecule has 20 heavy (non-hydrogen) atoms. The number of nitrogens with two attached hydrogens (primary N) is 1. The first-order valence-corrected chi connectivity index (χ1v) is 7.37. The van der Waals surface area contributed by atoms with Crippen molar-refractivity contribution in [2.75, 3.05) is 12.3 Å². The Kier molecular flexibility index (Phi) is 6.91. The van der Waals surface area contributed by atoms with Crippen LogP contribution < -0.4 is 11.1 Å². The molecule has 0 aliphatic heterocycles. The van der Waals surface area contributed by atoms with Crippen molar-refractivity contribution in [2.45, 2.75) is 46.0 Å². The molecule has 0 unspecified atom stereocenters. The van der Waals surface area contributed by atoms with Gasteiger partial charge in [0.2, 0.25) is 0 Å². The monoisotopic (exact) mass is 278 g/mol. The molecule has 1 aromatic carbocycles. The molecule has 1 rings (SSSR count). The van der Waals surface area contributed by atoms with E-state index in [1.807, 2.05) is 0 Å². The predicted octanol–water partition coefficient (Wildman–Crippen LogP) is 3.31. The summed E-state index contributed by atoms with van der Waals surface area (Å²) in [5, 5.41) is 12.2. The van der Waals surface area contributed by atoms with Crippen molar-refractivity contribution in [3.63, 3.8) is 0 Å². The Morgan fingerprint density at radius 2 is 1.95 bits per heavy atom. The van der Waals surface area contributed by atoms with Crippen LogP contribution in [0.15, 0.2) is 18.2 Å². The summed E-state index contributed by atoms with van der Waals surface area (Å²) in [5.74, 6) is 0.599. The van der Waals surface area contributed by atoms with Gasteiger partial charge >= 0.3 is 0 Å². The highest BCUT2D eigenvalue weighted by atomic mass is 16.3. The molecule has 1 aromatic rings. The number of aromatic hydroxyl groups is 1. The molecule has 4 N–H and O–H groups in total. The first kappa shape index (κ1) is 16.3. The second kappa shape index (κ2) is 8.46. The highest BCUT2D eigenvalue weighted by molar-refractivity contribution is 5.99. The number of unbranched alkanes of at least 4 members (excludes halogenated alkanes) is 3. The van der Waals surface area contributed by atoms with E-state index in [0.717, 1.165) is 18.8 Å². The van der Waals surface area contributed by atoms with Gasteiger partial charge in [-0.25, -0.2) is 0 Å². The maximum Gasteiger partial charge on any atom is 0.253 e. The second-order valence-corrected chi connectivity index (χ2v) is 5.62. The first-order chi connectivity index (χ1) is 9.50. The number of carbonyl (C=O) groups is 1. The number of anilines is 1. The number of phenolic OH excluding ortho intramolecular Hbond substituents is 1. The highest BCUT2D eigenvalue weighted by Crippen LogP contribution is 2.18. The predicted molar refractivity (Wildman–Crippen MR) is 82.8 cm³/mol. The minimum atomic E-state index is -0.222. The van der Waals surface area contributed by atoms with Gasteiger partial charge in [0.05, 0.1) is 5.56 Å². The highest BCUT2D eigenvalue weighted by Gasteiger charge is 2.09. The van der Waals surface area contributed by atoms with Crippen molar-refractivity contribution in [1.82, 2.24) is 5.32 Å². The van der Waals surface area contributed by atoms with Gasteiger partial charge in [-0.15, -0.1) is 0 Å². The molecule has 4 nitrogen and oxygen atoms in total. The fourth-order valence-electron chi connectivity index (χ4n) is 2.07. The molecule has 0 bridgehead atoms. The Morgan fingerprint density at radius 1 is 1.25 bits per heavy atom. The summed E-state index contributed by atoms with van der Waals surface area (Å²) < 4.78 is 0.